The smallest absolute Gasteiger partial charge is 0.273 e. The van der Waals surface area contributed by atoms with Crippen molar-refractivity contribution in [3.63, 3.8) is 0 Å². The number of rotatable bonds is 4. The van der Waals surface area contributed by atoms with Crippen LogP contribution in [0.4, 0.5) is 0 Å². The molecular weight excluding hydrogens is 372 g/mol. The number of ether oxygens (including phenoxy) is 1. The Kier molecular flexibility index (Phi) is 5.08. The lowest BCUT2D eigenvalue weighted by molar-refractivity contribution is -0.128. The standard InChI is InChI=1S/C21H24N4O4/c1-29-16-4-2-3-15(9-16)13-25-14-21(10-19(25)27)5-7-24(8-6-21)20(28)17-11-23-18(26)12-22-17/h2-4,9,11-12H,5-8,10,13-14H2,1H3,(H,23,26). The van der Waals surface area contributed by atoms with Gasteiger partial charge in [-0.3, -0.25) is 14.4 Å². The fraction of sp³-hybridized carbons (Fsp3) is 0.429. The molecule has 2 saturated heterocycles. The van der Waals surface area contributed by atoms with Crippen LogP contribution in [0.2, 0.25) is 0 Å². The monoisotopic (exact) mass is 396 g/mol. The molecular formula is C21H24N4O4. The molecule has 2 aliphatic heterocycles. The van der Waals surface area contributed by atoms with Gasteiger partial charge in [0, 0.05) is 44.2 Å². The summed E-state index contributed by atoms with van der Waals surface area (Å²) >= 11 is 0. The molecule has 1 N–H and O–H groups in total. The summed E-state index contributed by atoms with van der Waals surface area (Å²) in [6.45, 7) is 2.45. The number of carbonyl (C=O) groups excluding carboxylic acids is 2. The van der Waals surface area contributed by atoms with E-state index in [9.17, 15) is 14.4 Å². The van der Waals surface area contributed by atoms with Crippen LogP contribution in [0.3, 0.4) is 0 Å². The first-order chi connectivity index (χ1) is 14.0. The van der Waals surface area contributed by atoms with Gasteiger partial charge in [0.2, 0.25) is 5.91 Å². The summed E-state index contributed by atoms with van der Waals surface area (Å²) < 4.78 is 5.27. The van der Waals surface area contributed by atoms with Crippen LogP contribution in [0, 0.1) is 5.41 Å². The molecule has 152 valence electrons. The molecule has 0 unspecified atom stereocenters. The van der Waals surface area contributed by atoms with Gasteiger partial charge in [0.25, 0.3) is 11.5 Å². The van der Waals surface area contributed by atoms with Crippen molar-refractivity contribution in [1.29, 1.82) is 0 Å². The Hall–Kier alpha value is -3.16. The highest BCUT2D eigenvalue weighted by atomic mass is 16.5. The summed E-state index contributed by atoms with van der Waals surface area (Å²) in [5.74, 6) is 0.759. The first kappa shape index (κ1) is 19.2. The normalized spacial score (nSPS) is 18.3. The fourth-order valence-corrected chi connectivity index (χ4v) is 4.26. The Morgan fingerprint density at radius 3 is 2.76 bits per heavy atom. The highest BCUT2D eigenvalue weighted by Gasteiger charge is 2.45. The first-order valence-electron chi connectivity index (χ1n) is 9.73. The van der Waals surface area contributed by atoms with E-state index in [0.29, 0.717) is 32.6 Å². The van der Waals surface area contributed by atoms with Gasteiger partial charge in [-0.25, -0.2) is 4.98 Å². The molecule has 2 aromatic rings. The second kappa shape index (κ2) is 7.69. The SMILES string of the molecule is COc1cccc(CN2CC3(CCN(C(=O)c4c[nH]c(=O)cn4)CC3)CC2=O)c1. The third kappa shape index (κ3) is 4.01. The molecule has 3 heterocycles. The van der Waals surface area contributed by atoms with E-state index < -0.39 is 0 Å². The van der Waals surface area contributed by atoms with E-state index in [4.69, 9.17) is 4.74 Å². The number of benzene rings is 1. The van der Waals surface area contributed by atoms with E-state index in [1.165, 1.54) is 6.20 Å². The summed E-state index contributed by atoms with van der Waals surface area (Å²) in [6, 6.07) is 7.77. The fourth-order valence-electron chi connectivity index (χ4n) is 4.26. The average Bonchev–Trinajstić information content (AvgIpc) is 3.03. The van der Waals surface area contributed by atoms with Crippen LogP contribution in [0.5, 0.6) is 5.75 Å². The van der Waals surface area contributed by atoms with Crippen molar-refractivity contribution in [2.75, 3.05) is 26.7 Å². The Labute approximate surface area is 168 Å². The third-order valence-corrected chi connectivity index (χ3v) is 5.92. The Morgan fingerprint density at radius 2 is 2.07 bits per heavy atom. The topological polar surface area (TPSA) is 95.6 Å². The molecule has 1 aromatic carbocycles. The van der Waals surface area contributed by atoms with Crippen molar-refractivity contribution < 1.29 is 14.3 Å². The zero-order valence-electron chi connectivity index (χ0n) is 16.4. The molecule has 2 amide bonds. The molecule has 0 bridgehead atoms. The number of H-pyrrole nitrogens is 1. The predicted octanol–water partition coefficient (Wildman–Crippen LogP) is 1.43. The van der Waals surface area contributed by atoms with E-state index in [1.54, 1.807) is 12.0 Å². The molecule has 4 rings (SSSR count). The van der Waals surface area contributed by atoms with Crippen molar-refractivity contribution in [2.24, 2.45) is 5.41 Å². The van der Waals surface area contributed by atoms with E-state index in [-0.39, 0.29) is 28.5 Å². The highest BCUT2D eigenvalue weighted by molar-refractivity contribution is 5.92. The van der Waals surface area contributed by atoms with Gasteiger partial charge in [0.15, 0.2) is 0 Å². The lowest BCUT2D eigenvalue weighted by atomic mass is 9.77. The molecule has 0 aliphatic carbocycles. The van der Waals surface area contributed by atoms with Crippen molar-refractivity contribution >= 4 is 11.8 Å². The van der Waals surface area contributed by atoms with Crippen LogP contribution in [-0.2, 0) is 11.3 Å². The second-order valence-electron chi connectivity index (χ2n) is 7.87. The van der Waals surface area contributed by atoms with Gasteiger partial charge in [-0.2, -0.15) is 0 Å². The number of hydrogen-bond acceptors (Lipinski definition) is 5. The van der Waals surface area contributed by atoms with E-state index in [1.807, 2.05) is 29.2 Å². The predicted molar refractivity (Wildman–Crippen MR) is 105 cm³/mol. The zero-order chi connectivity index (χ0) is 20.4. The maximum Gasteiger partial charge on any atom is 0.273 e. The van der Waals surface area contributed by atoms with E-state index in [2.05, 4.69) is 9.97 Å². The molecule has 0 saturated carbocycles. The number of aromatic nitrogens is 2. The maximum atomic E-state index is 12.6. The number of nitrogens with zero attached hydrogens (tertiary/aromatic N) is 3. The summed E-state index contributed by atoms with van der Waals surface area (Å²) in [6.07, 6.45) is 4.55. The van der Waals surface area contributed by atoms with Gasteiger partial charge in [-0.05, 0) is 30.5 Å². The minimum atomic E-state index is -0.334. The number of hydrogen-bond donors (Lipinski definition) is 1. The minimum Gasteiger partial charge on any atom is -0.497 e. The molecule has 2 fully saturated rings. The van der Waals surface area contributed by atoms with E-state index in [0.717, 1.165) is 30.4 Å². The summed E-state index contributed by atoms with van der Waals surface area (Å²) in [4.78, 5) is 46.4. The number of carbonyl (C=O) groups is 2. The number of piperidine rings is 1. The molecule has 8 heteroatoms. The maximum absolute atomic E-state index is 12.6. The lowest BCUT2D eigenvalue weighted by Crippen LogP contribution is -2.44. The molecule has 1 aromatic heterocycles. The minimum absolute atomic E-state index is 0.0782. The van der Waals surface area contributed by atoms with Gasteiger partial charge in [-0.15, -0.1) is 0 Å². The molecule has 1 spiro atoms. The number of methoxy groups -OCH3 is 1. The Bertz CT molecular complexity index is 958. The van der Waals surface area contributed by atoms with Crippen LogP contribution in [-0.4, -0.2) is 58.3 Å². The number of nitrogens with one attached hydrogen (secondary N) is 1. The van der Waals surface area contributed by atoms with Gasteiger partial charge < -0.3 is 19.5 Å². The molecule has 29 heavy (non-hydrogen) atoms. The lowest BCUT2D eigenvalue weighted by Gasteiger charge is -2.38. The van der Waals surface area contributed by atoms with Crippen LogP contribution in [0.25, 0.3) is 0 Å². The zero-order valence-corrected chi connectivity index (χ0v) is 16.4. The summed E-state index contributed by atoms with van der Waals surface area (Å²) in [5.41, 5.74) is 0.875. The van der Waals surface area contributed by atoms with Gasteiger partial charge in [0.1, 0.15) is 11.4 Å². The largest absolute Gasteiger partial charge is 0.497 e. The van der Waals surface area contributed by atoms with Crippen molar-refractivity contribution in [2.45, 2.75) is 25.8 Å². The molecule has 0 atom stereocenters. The average molecular weight is 396 g/mol. The Morgan fingerprint density at radius 1 is 1.28 bits per heavy atom. The van der Waals surface area contributed by atoms with Gasteiger partial charge in [-0.1, -0.05) is 12.1 Å². The highest BCUT2D eigenvalue weighted by Crippen LogP contribution is 2.41. The number of likely N-dealkylation sites (tertiary alicyclic amines) is 2. The molecule has 2 aliphatic rings. The molecule has 0 radical (unpaired) electrons. The Balaban J connectivity index is 1.38. The van der Waals surface area contributed by atoms with Gasteiger partial charge >= 0.3 is 0 Å². The van der Waals surface area contributed by atoms with Gasteiger partial charge in [0.05, 0.1) is 13.3 Å². The van der Waals surface area contributed by atoms with Crippen LogP contribution >= 0.6 is 0 Å². The third-order valence-electron chi connectivity index (χ3n) is 5.92. The van der Waals surface area contributed by atoms with Crippen molar-refractivity contribution in [1.82, 2.24) is 19.8 Å². The van der Waals surface area contributed by atoms with Crippen molar-refractivity contribution in [3.8, 4) is 5.75 Å². The van der Waals surface area contributed by atoms with Crippen LogP contribution < -0.4 is 10.3 Å². The second-order valence-corrected chi connectivity index (χ2v) is 7.87. The summed E-state index contributed by atoms with van der Waals surface area (Å²) in [5, 5.41) is 0. The summed E-state index contributed by atoms with van der Waals surface area (Å²) in [7, 11) is 1.63. The number of aromatic amines is 1. The van der Waals surface area contributed by atoms with Crippen LogP contribution in [0.1, 0.15) is 35.3 Å². The quantitative estimate of drug-likeness (QED) is 0.844. The van der Waals surface area contributed by atoms with Crippen molar-refractivity contribution in [3.05, 3.63) is 58.3 Å². The first-order valence-corrected chi connectivity index (χ1v) is 9.73. The van der Waals surface area contributed by atoms with E-state index >= 15 is 0 Å². The molecule has 8 nitrogen and oxygen atoms in total. The number of amides is 2. The van der Waals surface area contributed by atoms with Crippen LogP contribution in [0.15, 0.2) is 41.5 Å².